The summed E-state index contributed by atoms with van der Waals surface area (Å²) in [5.74, 6) is -0.596. The van der Waals surface area contributed by atoms with Crippen LogP contribution in [-0.4, -0.2) is 23.0 Å². The maximum atomic E-state index is 12.8. The molecule has 0 fully saturated rings. The van der Waals surface area contributed by atoms with Gasteiger partial charge in [0.05, 0.1) is 18.6 Å². The van der Waals surface area contributed by atoms with Gasteiger partial charge < -0.3 is 15.0 Å². The van der Waals surface area contributed by atoms with Crippen molar-refractivity contribution in [1.82, 2.24) is 10.3 Å². The Morgan fingerprint density at radius 2 is 1.81 bits per heavy atom. The molecule has 0 aliphatic rings. The third-order valence-electron chi connectivity index (χ3n) is 4.27. The van der Waals surface area contributed by atoms with E-state index in [-0.39, 0.29) is 24.4 Å². The molecule has 0 saturated carbocycles. The number of carbonyl (C=O) groups excluding carboxylic acids is 2. The average molecular weight is 364 g/mol. The van der Waals surface area contributed by atoms with E-state index in [9.17, 15) is 9.59 Å². The van der Waals surface area contributed by atoms with Crippen molar-refractivity contribution in [3.05, 3.63) is 71.4 Å². The minimum Gasteiger partial charge on any atom is -0.463 e. The van der Waals surface area contributed by atoms with Gasteiger partial charge in [0.25, 0.3) is 5.91 Å². The molecular weight excluding hydrogens is 340 g/mol. The molecule has 1 heterocycles. The second-order valence-electron chi connectivity index (χ2n) is 6.95. The first kappa shape index (κ1) is 18.7. The normalized spacial score (nSPS) is 12.1. The molecule has 2 aromatic carbocycles. The van der Waals surface area contributed by atoms with Gasteiger partial charge in [-0.25, -0.2) is 0 Å². The average Bonchev–Trinajstić information content (AvgIpc) is 3.04. The Labute approximate surface area is 158 Å². The van der Waals surface area contributed by atoms with Gasteiger partial charge in [0.2, 0.25) is 0 Å². The summed E-state index contributed by atoms with van der Waals surface area (Å²) in [4.78, 5) is 28.1. The number of aromatic amines is 1. The van der Waals surface area contributed by atoms with E-state index in [2.05, 4.69) is 10.3 Å². The molecule has 3 rings (SSSR count). The lowest BCUT2D eigenvalue weighted by Crippen LogP contribution is -2.31. The molecule has 0 aliphatic carbocycles. The summed E-state index contributed by atoms with van der Waals surface area (Å²) < 4.78 is 5.25. The Bertz CT molecular complexity index is 945. The summed E-state index contributed by atoms with van der Waals surface area (Å²) in [5, 5.41) is 3.94. The van der Waals surface area contributed by atoms with E-state index in [0.717, 1.165) is 22.0 Å². The maximum Gasteiger partial charge on any atom is 0.308 e. The second kappa shape index (κ2) is 8.08. The van der Waals surface area contributed by atoms with Crippen LogP contribution in [0.1, 0.15) is 47.9 Å². The van der Waals surface area contributed by atoms with Crippen LogP contribution in [0.15, 0.2) is 54.6 Å². The molecule has 3 aromatic rings. The SMILES string of the molecule is Cc1ccc2[nH]c(C(=O)NC(CC(=O)OC(C)C)c3ccccc3)cc2c1. The molecule has 0 bridgehead atoms. The van der Waals surface area contributed by atoms with Gasteiger partial charge >= 0.3 is 5.97 Å². The Balaban J connectivity index is 1.81. The van der Waals surface area contributed by atoms with E-state index in [0.29, 0.717) is 5.69 Å². The van der Waals surface area contributed by atoms with E-state index < -0.39 is 6.04 Å². The van der Waals surface area contributed by atoms with Crippen molar-refractivity contribution in [2.45, 2.75) is 39.3 Å². The highest BCUT2D eigenvalue weighted by Crippen LogP contribution is 2.21. The van der Waals surface area contributed by atoms with E-state index in [4.69, 9.17) is 4.74 Å². The number of fused-ring (bicyclic) bond motifs is 1. The molecule has 1 unspecified atom stereocenters. The molecule has 27 heavy (non-hydrogen) atoms. The number of H-pyrrole nitrogens is 1. The zero-order valence-corrected chi connectivity index (χ0v) is 15.8. The largest absolute Gasteiger partial charge is 0.463 e. The predicted molar refractivity (Wildman–Crippen MR) is 106 cm³/mol. The standard InChI is InChI=1S/C22H24N2O3/c1-14(2)27-21(25)13-19(16-7-5-4-6-8-16)24-22(26)20-12-17-11-15(3)9-10-18(17)23-20/h4-12,14,19,23H,13H2,1-3H3,(H,24,26). The Kier molecular flexibility index (Phi) is 5.60. The van der Waals surface area contributed by atoms with Crippen LogP contribution < -0.4 is 5.32 Å². The zero-order valence-electron chi connectivity index (χ0n) is 15.8. The van der Waals surface area contributed by atoms with Crippen LogP contribution in [0.2, 0.25) is 0 Å². The highest BCUT2D eigenvalue weighted by molar-refractivity contribution is 5.98. The minimum absolute atomic E-state index is 0.0767. The van der Waals surface area contributed by atoms with E-state index in [1.165, 1.54) is 0 Å². The first-order valence-corrected chi connectivity index (χ1v) is 9.07. The fraction of sp³-hybridized carbons (Fsp3) is 0.273. The number of amides is 1. The number of carbonyl (C=O) groups is 2. The highest BCUT2D eigenvalue weighted by Gasteiger charge is 2.21. The lowest BCUT2D eigenvalue weighted by molar-refractivity contribution is -0.147. The van der Waals surface area contributed by atoms with Crippen LogP contribution in [0.5, 0.6) is 0 Å². The van der Waals surface area contributed by atoms with Crippen LogP contribution in [0.4, 0.5) is 0 Å². The number of hydrogen-bond donors (Lipinski definition) is 2. The summed E-state index contributed by atoms with van der Waals surface area (Å²) in [6, 6.07) is 16.8. The lowest BCUT2D eigenvalue weighted by Gasteiger charge is -2.19. The number of esters is 1. The van der Waals surface area contributed by atoms with Crippen molar-refractivity contribution in [3.8, 4) is 0 Å². The number of nitrogens with one attached hydrogen (secondary N) is 2. The summed E-state index contributed by atoms with van der Waals surface area (Å²) in [6.45, 7) is 5.62. The first-order chi connectivity index (χ1) is 12.9. The highest BCUT2D eigenvalue weighted by atomic mass is 16.5. The third-order valence-corrected chi connectivity index (χ3v) is 4.27. The molecular formula is C22H24N2O3. The quantitative estimate of drug-likeness (QED) is 0.641. The Hall–Kier alpha value is -3.08. The van der Waals surface area contributed by atoms with Crippen molar-refractivity contribution in [2.24, 2.45) is 0 Å². The molecule has 5 heteroatoms. The number of aryl methyl sites for hydroxylation is 1. The zero-order chi connectivity index (χ0) is 19.4. The van der Waals surface area contributed by atoms with Gasteiger partial charge in [0.1, 0.15) is 5.69 Å². The van der Waals surface area contributed by atoms with E-state index >= 15 is 0 Å². The van der Waals surface area contributed by atoms with E-state index in [1.54, 1.807) is 13.8 Å². The van der Waals surface area contributed by atoms with Crippen molar-refractivity contribution < 1.29 is 14.3 Å². The van der Waals surface area contributed by atoms with Crippen molar-refractivity contribution >= 4 is 22.8 Å². The molecule has 1 aromatic heterocycles. The topological polar surface area (TPSA) is 71.2 Å². The molecule has 0 spiro atoms. The third kappa shape index (κ3) is 4.76. The minimum atomic E-state index is -0.460. The molecule has 5 nitrogen and oxygen atoms in total. The fourth-order valence-corrected chi connectivity index (χ4v) is 3.03. The number of hydrogen-bond acceptors (Lipinski definition) is 3. The second-order valence-corrected chi connectivity index (χ2v) is 6.95. The van der Waals surface area contributed by atoms with Crippen LogP contribution in [-0.2, 0) is 9.53 Å². The van der Waals surface area contributed by atoms with Crippen LogP contribution in [0, 0.1) is 6.92 Å². The molecule has 2 N–H and O–H groups in total. The van der Waals surface area contributed by atoms with Gasteiger partial charge in [-0.05, 0) is 44.5 Å². The van der Waals surface area contributed by atoms with Crippen LogP contribution in [0.25, 0.3) is 10.9 Å². The number of rotatable bonds is 6. The molecule has 140 valence electrons. The van der Waals surface area contributed by atoms with Crippen LogP contribution >= 0.6 is 0 Å². The van der Waals surface area contributed by atoms with Gasteiger partial charge in [-0.3, -0.25) is 9.59 Å². The maximum absolute atomic E-state index is 12.8. The fourth-order valence-electron chi connectivity index (χ4n) is 3.03. The number of ether oxygens (including phenoxy) is 1. The summed E-state index contributed by atoms with van der Waals surface area (Å²) in [6.07, 6.45) is -0.116. The van der Waals surface area contributed by atoms with Gasteiger partial charge in [-0.15, -0.1) is 0 Å². The smallest absolute Gasteiger partial charge is 0.308 e. The van der Waals surface area contributed by atoms with Gasteiger partial charge in [0.15, 0.2) is 0 Å². The molecule has 1 amide bonds. The molecule has 0 radical (unpaired) electrons. The van der Waals surface area contributed by atoms with Crippen molar-refractivity contribution in [2.75, 3.05) is 0 Å². The molecule has 1 atom stereocenters. The first-order valence-electron chi connectivity index (χ1n) is 9.07. The Morgan fingerprint density at radius 1 is 1.07 bits per heavy atom. The summed E-state index contributed by atoms with van der Waals surface area (Å²) in [7, 11) is 0. The summed E-state index contributed by atoms with van der Waals surface area (Å²) in [5.41, 5.74) is 3.36. The predicted octanol–water partition coefficient (Wildman–Crippen LogP) is 4.29. The number of benzene rings is 2. The van der Waals surface area contributed by atoms with Crippen molar-refractivity contribution in [1.29, 1.82) is 0 Å². The van der Waals surface area contributed by atoms with Crippen LogP contribution in [0.3, 0.4) is 0 Å². The number of aromatic nitrogens is 1. The Morgan fingerprint density at radius 3 is 2.52 bits per heavy atom. The van der Waals surface area contributed by atoms with Gasteiger partial charge in [0, 0.05) is 10.9 Å². The molecule has 0 saturated heterocycles. The molecule has 0 aliphatic heterocycles. The van der Waals surface area contributed by atoms with Crippen molar-refractivity contribution in [3.63, 3.8) is 0 Å². The van der Waals surface area contributed by atoms with Gasteiger partial charge in [-0.2, -0.15) is 0 Å². The monoisotopic (exact) mass is 364 g/mol. The van der Waals surface area contributed by atoms with E-state index in [1.807, 2.05) is 61.5 Å². The van der Waals surface area contributed by atoms with Gasteiger partial charge in [-0.1, -0.05) is 42.0 Å². The lowest BCUT2D eigenvalue weighted by atomic mass is 10.0. The summed E-state index contributed by atoms with van der Waals surface area (Å²) >= 11 is 0.